The Morgan fingerprint density at radius 2 is 0.815 bits per heavy atom. The van der Waals surface area contributed by atoms with E-state index in [2.05, 4.69) is 35.7 Å². The molecule has 0 saturated heterocycles. The number of nitriles is 2. The Morgan fingerprint density at radius 3 is 1.06 bits per heavy atom. The van der Waals surface area contributed by atoms with Gasteiger partial charge in [0.15, 0.2) is 0 Å². The monoisotopic (exact) mass is 730 g/mol. The average molecular weight is 731 g/mol. The second-order valence-corrected chi connectivity index (χ2v) is 9.60. The third kappa shape index (κ3) is 22.9. The number of allylic oxidation sites excluding steroid dienone is 2. The van der Waals surface area contributed by atoms with E-state index in [1.165, 1.54) is 6.42 Å². The second-order valence-electron chi connectivity index (χ2n) is 9.60. The van der Waals surface area contributed by atoms with Crippen molar-refractivity contribution in [2.45, 2.75) is 69.7 Å². The lowest BCUT2D eigenvalue weighted by Gasteiger charge is -2.03. The third-order valence-corrected chi connectivity index (χ3v) is 5.95. The van der Waals surface area contributed by atoms with Crippen LogP contribution in [0.1, 0.15) is 92.0 Å². The maximum Gasteiger partial charge on any atom is 0.212 e. The van der Waals surface area contributed by atoms with Crippen molar-refractivity contribution in [2.24, 2.45) is 0 Å². The van der Waals surface area contributed by atoms with E-state index in [9.17, 15) is 10.5 Å². The zero-order valence-corrected chi connectivity index (χ0v) is 31.8. The first-order chi connectivity index (χ1) is 25.6. The minimum atomic E-state index is 0. The van der Waals surface area contributed by atoms with Crippen molar-refractivity contribution in [1.29, 1.82) is 10.5 Å². The van der Waals surface area contributed by atoms with Gasteiger partial charge < -0.3 is 14.6 Å². The Hall–Kier alpha value is -5.80. The van der Waals surface area contributed by atoms with Crippen molar-refractivity contribution in [3.05, 3.63) is 166 Å². The molecule has 0 fully saturated rings. The molecule has 0 radical (unpaired) electrons. The first kappa shape index (κ1) is 55.0. The van der Waals surface area contributed by atoms with Crippen LogP contribution in [0.2, 0.25) is 0 Å². The zero-order chi connectivity index (χ0) is 39.2. The largest absolute Gasteiger partial charge is 0.394 e. The molecule has 7 heteroatoms. The Labute approximate surface area is 328 Å². The topological polar surface area (TPSA) is 95.0 Å². The molecule has 1 N–H and O–H groups in total. The zero-order valence-electron chi connectivity index (χ0n) is 31.8. The highest BCUT2D eigenvalue weighted by Crippen LogP contribution is 2.28. The molecule has 0 spiro atoms. The molecule has 0 heterocycles. The van der Waals surface area contributed by atoms with Crippen LogP contribution >= 0.6 is 0 Å². The number of aliphatic hydroxyl groups is 1. The maximum atomic E-state index is 9.29. The number of ether oxygens (including phenoxy) is 2. The molecule has 0 atom stereocenters. The predicted octanol–water partition coefficient (Wildman–Crippen LogP) is 12.8. The van der Waals surface area contributed by atoms with Crippen molar-refractivity contribution >= 4 is 22.5 Å². The number of hydrogen-bond acceptors (Lipinski definition) is 5. The highest BCUT2D eigenvalue weighted by molar-refractivity contribution is 6.00. The molecule has 0 aliphatic rings. The van der Waals surface area contributed by atoms with Gasteiger partial charge in [0.25, 0.3) is 0 Å². The highest BCUT2D eigenvalue weighted by Gasteiger charge is 2.12. The molecule has 288 valence electrons. The normalized spacial score (nSPS) is 9.56. The van der Waals surface area contributed by atoms with Gasteiger partial charge in [0.1, 0.15) is 0 Å². The molecule has 0 amide bonds. The Balaban J connectivity index is -0.000000328. The summed E-state index contributed by atoms with van der Waals surface area (Å²) >= 11 is 0. The van der Waals surface area contributed by atoms with Gasteiger partial charge in [-0.1, -0.05) is 184 Å². The summed E-state index contributed by atoms with van der Waals surface area (Å²) in [5.41, 5.74) is 4.70. The molecule has 0 saturated carbocycles. The van der Waals surface area contributed by atoms with E-state index in [0.717, 1.165) is 28.9 Å². The minimum absolute atomic E-state index is 0. The molecule has 0 bridgehead atoms. The van der Waals surface area contributed by atoms with E-state index < -0.39 is 0 Å². The van der Waals surface area contributed by atoms with E-state index in [0.29, 0.717) is 42.4 Å². The molecule has 0 unspecified atom stereocenters. The van der Waals surface area contributed by atoms with Gasteiger partial charge in [-0.2, -0.15) is 10.5 Å². The number of aliphatic hydroxyl groups excluding tert-OH is 1. The van der Waals surface area contributed by atoms with Crippen LogP contribution < -0.4 is 0 Å². The summed E-state index contributed by atoms with van der Waals surface area (Å²) in [6, 6.07) is 41.4. The van der Waals surface area contributed by atoms with Crippen LogP contribution in [0.3, 0.4) is 0 Å². The maximum absolute atomic E-state index is 9.29. The lowest BCUT2D eigenvalue weighted by Crippen LogP contribution is -2.06. The standard InChI is InChI=1S/2C16H10N2.C6H14O3.C3H8.2C2H6.2CH4/c2*1-18-16(14-10-6-3-7-11-14)15(12-17)13-8-4-2-5-9-13;1-2-8-5-6-9-4-3-7;1-3-2;2*1-2;;/h2*2-11H;7H,2-6H2,1H3;3H2,1-2H3;2*1-2H3;2*1H4/b2*16-15-;;;;;;. The second kappa shape index (κ2) is 40.0. The van der Waals surface area contributed by atoms with Crippen LogP contribution in [0.5, 0.6) is 0 Å². The van der Waals surface area contributed by atoms with Crippen LogP contribution in [0, 0.1) is 35.8 Å². The quantitative estimate of drug-likeness (QED) is 0.0758. The molecule has 4 aromatic rings. The lowest BCUT2D eigenvalue weighted by molar-refractivity contribution is 0.0370. The first-order valence-corrected chi connectivity index (χ1v) is 17.6. The summed E-state index contributed by atoms with van der Waals surface area (Å²) in [5.74, 6) is 0. The summed E-state index contributed by atoms with van der Waals surface area (Å²) in [6.07, 6.45) is 1.25. The Morgan fingerprint density at radius 1 is 0.537 bits per heavy atom. The van der Waals surface area contributed by atoms with Crippen LogP contribution in [-0.4, -0.2) is 38.1 Å². The van der Waals surface area contributed by atoms with E-state index >= 15 is 0 Å². The minimum Gasteiger partial charge on any atom is -0.394 e. The first-order valence-electron chi connectivity index (χ1n) is 17.6. The van der Waals surface area contributed by atoms with Gasteiger partial charge in [-0.3, -0.25) is 0 Å². The SMILES string of the molecule is C.C.CC.CC.CCC.CCOCCOCCO.[C-]#[N+]/C(=C(/C#N)c1ccccc1)c1ccccc1.[C-]#[N+]/C(=C(/C#N)c1ccccc1)c1ccccc1. The van der Waals surface area contributed by atoms with Crippen molar-refractivity contribution in [2.75, 3.05) is 33.0 Å². The predicted molar refractivity (Wildman–Crippen MR) is 230 cm³/mol. The molecular weight excluding hydrogens is 669 g/mol. The average Bonchev–Trinajstić information content (AvgIpc) is 3.22. The molecule has 0 aliphatic heterocycles. The van der Waals surface area contributed by atoms with Crippen LogP contribution in [0.4, 0.5) is 0 Å². The summed E-state index contributed by atoms with van der Waals surface area (Å²) < 4.78 is 9.88. The van der Waals surface area contributed by atoms with Crippen molar-refractivity contribution in [3.8, 4) is 12.1 Å². The Bertz CT molecular complexity index is 1430. The van der Waals surface area contributed by atoms with Gasteiger partial charge >= 0.3 is 0 Å². The van der Waals surface area contributed by atoms with Crippen molar-refractivity contribution in [1.82, 2.24) is 0 Å². The molecule has 54 heavy (non-hydrogen) atoms. The van der Waals surface area contributed by atoms with Gasteiger partial charge in [0, 0.05) is 6.61 Å². The summed E-state index contributed by atoms with van der Waals surface area (Å²) in [7, 11) is 0. The van der Waals surface area contributed by atoms with Crippen LogP contribution in [-0.2, 0) is 9.47 Å². The van der Waals surface area contributed by atoms with Gasteiger partial charge in [-0.15, -0.1) is 0 Å². The van der Waals surface area contributed by atoms with Gasteiger partial charge in [-0.05, 0) is 29.2 Å². The summed E-state index contributed by atoms with van der Waals surface area (Å²) in [5, 5.41) is 26.8. The molecular formula is C47H62N4O3. The molecule has 4 rings (SSSR count). The van der Waals surface area contributed by atoms with Crippen LogP contribution in [0.25, 0.3) is 32.2 Å². The fraction of sp³-hybridized carbons (Fsp3) is 0.319. The summed E-state index contributed by atoms with van der Waals surface area (Å²) in [6.45, 7) is 31.2. The van der Waals surface area contributed by atoms with Gasteiger partial charge in [0.2, 0.25) is 11.4 Å². The van der Waals surface area contributed by atoms with E-state index in [-0.39, 0.29) is 21.5 Å². The third-order valence-electron chi connectivity index (χ3n) is 5.95. The van der Waals surface area contributed by atoms with E-state index in [1.54, 1.807) is 0 Å². The number of benzene rings is 4. The van der Waals surface area contributed by atoms with Gasteiger partial charge in [-0.25, -0.2) is 9.69 Å². The van der Waals surface area contributed by atoms with Crippen LogP contribution in [0.15, 0.2) is 121 Å². The number of rotatable bonds is 10. The Kier molecular flexibility index (Phi) is 40.7. The van der Waals surface area contributed by atoms with Crippen molar-refractivity contribution in [3.63, 3.8) is 0 Å². The number of nitrogens with zero attached hydrogens (tertiary/aromatic N) is 4. The fourth-order valence-corrected chi connectivity index (χ4v) is 3.87. The van der Waals surface area contributed by atoms with E-state index in [1.807, 2.05) is 156 Å². The smallest absolute Gasteiger partial charge is 0.212 e. The lowest BCUT2D eigenvalue weighted by atomic mass is 10.0. The summed E-state index contributed by atoms with van der Waals surface area (Å²) in [4.78, 5) is 7.03. The highest BCUT2D eigenvalue weighted by atomic mass is 16.5. The fourth-order valence-electron chi connectivity index (χ4n) is 3.87. The van der Waals surface area contributed by atoms with Crippen molar-refractivity contribution < 1.29 is 14.6 Å². The van der Waals surface area contributed by atoms with Gasteiger partial charge in [0.05, 0.1) is 62.9 Å². The number of hydrogen-bond donors (Lipinski definition) is 1. The molecule has 0 aromatic heterocycles. The molecule has 7 nitrogen and oxygen atoms in total. The van der Waals surface area contributed by atoms with E-state index in [4.69, 9.17) is 27.7 Å². The molecule has 4 aromatic carbocycles. The molecule has 0 aliphatic carbocycles.